The largest absolute Gasteiger partial charge is 0.325 e. The highest BCUT2D eigenvalue weighted by Gasteiger charge is 2.14. The normalized spacial score (nSPS) is 10.4. The van der Waals surface area contributed by atoms with Crippen molar-refractivity contribution in [2.75, 3.05) is 16.4 Å². The molecule has 0 aliphatic heterocycles. The molecule has 0 atom stereocenters. The molecule has 0 aliphatic rings. The van der Waals surface area contributed by atoms with Gasteiger partial charge in [-0.15, -0.1) is 10.2 Å². The highest BCUT2D eigenvalue weighted by atomic mass is 35.5. The number of anilines is 2. The Hall–Kier alpha value is -2.49. The monoisotopic (exact) mass is 422 g/mol. The fourth-order valence-corrected chi connectivity index (χ4v) is 3.66. The van der Waals surface area contributed by atoms with E-state index in [1.54, 1.807) is 30.3 Å². The molecule has 2 N–H and O–H groups in total. The van der Waals surface area contributed by atoms with Gasteiger partial charge in [0.05, 0.1) is 11.3 Å². The molecule has 0 aliphatic carbocycles. The van der Waals surface area contributed by atoms with E-state index in [-0.39, 0.29) is 22.4 Å². The lowest BCUT2D eigenvalue weighted by Crippen LogP contribution is -2.13. The lowest BCUT2D eigenvalue weighted by molar-refractivity contribution is -0.113. The number of carbonyl (C=O) groups excluding carboxylic acids is 2. The first kappa shape index (κ1) is 19.3. The van der Waals surface area contributed by atoms with Crippen molar-refractivity contribution in [3.63, 3.8) is 0 Å². The van der Waals surface area contributed by atoms with Gasteiger partial charge in [-0.25, -0.2) is 4.39 Å². The number of nitrogens with one attached hydrogen (secondary N) is 2. The van der Waals surface area contributed by atoms with Crippen LogP contribution in [-0.2, 0) is 4.79 Å². The molecule has 0 radical (unpaired) electrons. The van der Waals surface area contributed by atoms with Gasteiger partial charge in [0, 0.05) is 10.7 Å². The minimum absolute atomic E-state index is 0.0794. The van der Waals surface area contributed by atoms with E-state index in [0.717, 1.165) is 11.3 Å². The topological polar surface area (TPSA) is 84.0 Å². The van der Waals surface area contributed by atoms with Crippen LogP contribution in [0, 0.1) is 5.82 Å². The number of carbonyl (C=O) groups is 2. The number of thioether (sulfide) groups is 1. The molecular weight excluding hydrogens is 411 g/mol. The lowest BCUT2D eigenvalue weighted by atomic mass is 10.2. The molecule has 138 valence electrons. The van der Waals surface area contributed by atoms with Crippen molar-refractivity contribution in [2.24, 2.45) is 0 Å². The molecule has 0 fully saturated rings. The van der Waals surface area contributed by atoms with E-state index < -0.39 is 11.7 Å². The molecule has 6 nitrogen and oxygen atoms in total. The maximum atomic E-state index is 13.6. The maximum absolute atomic E-state index is 13.6. The van der Waals surface area contributed by atoms with Gasteiger partial charge in [0.15, 0.2) is 4.34 Å². The van der Waals surface area contributed by atoms with Crippen LogP contribution >= 0.6 is 34.7 Å². The number of amides is 2. The van der Waals surface area contributed by atoms with Crippen molar-refractivity contribution < 1.29 is 14.0 Å². The van der Waals surface area contributed by atoms with Crippen molar-refractivity contribution >= 4 is 57.3 Å². The average Bonchev–Trinajstić information content (AvgIpc) is 3.09. The Morgan fingerprint density at radius 2 is 1.81 bits per heavy atom. The van der Waals surface area contributed by atoms with Crippen molar-refractivity contribution in [1.29, 1.82) is 0 Å². The lowest BCUT2D eigenvalue weighted by Gasteiger charge is -2.03. The summed E-state index contributed by atoms with van der Waals surface area (Å²) in [5.74, 6) is -1.32. The van der Waals surface area contributed by atoms with Crippen LogP contribution in [0.4, 0.5) is 15.2 Å². The number of benzene rings is 2. The zero-order chi connectivity index (χ0) is 19.2. The van der Waals surface area contributed by atoms with Gasteiger partial charge in [-0.1, -0.05) is 46.8 Å². The third-order valence-corrected chi connectivity index (χ3v) is 5.42. The summed E-state index contributed by atoms with van der Waals surface area (Å²) in [6, 6.07) is 12.4. The summed E-state index contributed by atoms with van der Waals surface area (Å²) in [7, 11) is 0. The van der Waals surface area contributed by atoms with Crippen LogP contribution in [0.3, 0.4) is 0 Å². The van der Waals surface area contributed by atoms with Crippen molar-refractivity contribution in [2.45, 2.75) is 4.34 Å². The van der Waals surface area contributed by atoms with Crippen LogP contribution < -0.4 is 10.6 Å². The Labute approximate surface area is 167 Å². The standard InChI is InChI=1S/C17H12ClFN4O2S2/c18-10-5-7-11(8-6-10)20-14(24)9-26-17-23-22-16(27-17)21-15(25)12-3-1-2-4-13(12)19/h1-8H,9H2,(H,20,24)(H,21,22,25). The summed E-state index contributed by atoms with van der Waals surface area (Å²) in [5, 5.41) is 13.8. The van der Waals surface area contributed by atoms with E-state index in [4.69, 9.17) is 11.6 Å². The Balaban J connectivity index is 1.52. The number of aromatic nitrogens is 2. The molecule has 1 heterocycles. The predicted molar refractivity (Wildman–Crippen MR) is 105 cm³/mol. The van der Waals surface area contributed by atoms with Crippen molar-refractivity contribution in [3.05, 3.63) is 64.9 Å². The summed E-state index contributed by atoms with van der Waals surface area (Å²) in [5.41, 5.74) is 0.560. The molecule has 0 unspecified atom stereocenters. The fraction of sp³-hybridized carbons (Fsp3) is 0.0588. The third kappa shape index (κ3) is 5.49. The first-order chi connectivity index (χ1) is 13.0. The zero-order valence-corrected chi connectivity index (χ0v) is 16.0. The fourth-order valence-electron chi connectivity index (χ4n) is 1.99. The van der Waals surface area contributed by atoms with Gasteiger partial charge in [-0.3, -0.25) is 14.9 Å². The van der Waals surface area contributed by atoms with Gasteiger partial charge in [0.25, 0.3) is 5.91 Å². The summed E-state index contributed by atoms with van der Waals surface area (Å²) in [6.07, 6.45) is 0. The number of halogens is 2. The predicted octanol–water partition coefficient (Wildman–Crippen LogP) is 4.31. The number of hydrogen-bond donors (Lipinski definition) is 2. The van der Waals surface area contributed by atoms with Crippen molar-refractivity contribution in [3.8, 4) is 0 Å². The molecule has 27 heavy (non-hydrogen) atoms. The van der Waals surface area contributed by atoms with Crippen LogP contribution in [0.15, 0.2) is 52.9 Å². The Morgan fingerprint density at radius 1 is 1.07 bits per heavy atom. The second-order valence-corrected chi connectivity index (χ2v) is 7.79. The molecule has 10 heteroatoms. The zero-order valence-electron chi connectivity index (χ0n) is 13.6. The van der Waals surface area contributed by atoms with E-state index in [1.807, 2.05) is 0 Å². The summed E-state index contributed by atoms with van der Waals surface area (Å²) < 4.78 is 14.1. The second-order valence-electron chi connectivity index (χ2n) is 5.15. The maximum Gasteiger partial charge on any atom is 0.260 e. The van der Waals surface area contributed by atoms with E-state index >= 15 is 0 Å². The second kappa shape index (κ2) is 8.94. The minimum atomic E-state index is -0.618. The molecular formula is C17H12ClFN4O2S2. The Morgan fingerprint density at radius 3 is 2.56 bits per heavy atom. The van der Waals surface area contributed by atoms with Crippen LogP contribution in [0.25, 0.3) is 0 Å². The molecule has 0 bridgehead atoms. The smallest absolute Gasteiger partial charge is 0.260 e. The van der Waals surface area contributed by atoms with Gasteiger partial charge in [-0.05, 0) is 36.4 Å². The molecule has 3 aromatic rings. The van der Waals surface area contributed by atoms with Gasteiger partial charge >= 0.3 is 0 Å². The number of hydrogen-bond acceptors (Lipinski definition) is 6. The van der Waals surface area contributed by atoms with Gasteiger partial charge in [0.2, 0.25) is 11.0 Å². The molecule has 2 amide bonds. The van der Waals surface area contributed by atoms with Gasteiger partial charge in [0.1, 0.15) is 5.82 Å². The van der Waals surface area contributed by atoms with Gasteiger partial charge < -0.3 is 5.32 Å². The van der Waals surface area contributed by atoms with Crippen LogP contribution in [-0.4, -0.2) is 27.8 Å². The summed E-state index contributed by atoms with van der Waals surface area (Å²) >= 11 is 8.07. The number of nitrogens with zero attached hydrogens (tertiary/aromatic N) is 2. The van der Waals surface area contributed by atoms with Crippen LogP contribution in [0.1, 0.15) is 10.4 Å². The van der Waals surface area contributed by atoms with Crippen LogP contribution in [0.2, 0.25) is 5.02 Å². The third-order valence-electron chi connectivity index (χ3n) is 3.20. The molecule has 0 saturated carbocycles. The molecule has 0 saturated heterocycles. The van der Waals surface area contributed by atoms with E-state index in [0.29, 0.717) is 15.0 Å². The van der Waals surface area contributed by atoms with Crippen molar-refractivity contribution in [1.82, 2.24) is 10.2 Å². The molecule has 1 aromatic heterocycles. The highest BCUT2D eigenvalue weighted by molar-refractivity contribution is 8.01. The Bertz CT molecular complexity index is 966. The van der Waals surface area contributed by atoms with Crippen LogP contribution in [0.5, 0.6) is 0 Å². The molecule has 2 aromatic carbocycles. The van der Waals surface area contributed by atoms with Gasteiger partial charge in [-0.2, -0.15) is 0 Å². The first-order valence-corrected chi connectivity index (χ1v) is 9.77. The molecule has 3 rings (SSSR count). The quantitative estimate of drug-likeness (QED) is 0.456. The summed E-state index contributed by atoms with van der Waals surface area (Å²) in [4.78, 5) is 24.0. The number of rotatable bonds is 6. The highest BCUT2D eigenvalue weighted by Crippen LogP contribution is 2.26. The van der Waals surface area contributed by atoms with E-state index in [2.05, 4.69) is 20.8 Å². The first-order valence-electron chi connectivity index (χ1n) is 7.59. The minimum Gasteiger partial charge on any atom is -0.325 e. The SMILES string of the molecule is O=C(CSc1nnc(NC(=O)c2ccccc2F)s1)Nc1ccc(Cl)cc1. The Kier molecular flexibility index (Phi) is 6.38. The van der Waals surface area contributed by atoms with E-state index in [1.165, 1.54) is 30.0 Å². The van der Waals surface area contributed by atoms with E-state index in [9.17, 15) is 14.0 Å². The molecule has 0 spiro atoms. The average molecular weight is 423 g/mol. The summed E-state index contributed by atoms with van der Waals surface area (Å²) in [6.45, 7) is 0.